The summed E-state index contributed by atoms with van der Waals surface area (Å²) in [4.78, 5) is 26.5. The maximum atomic E-state index is 12.5. The molecule has 0 bridgehead atoms. The SMILES string of the molecule is CCN(CC)C(=O)c1ccccc1NC(=O)CC1(O)CCCC1. The molecule has 0 unspecified atom stereocenters. The van der Waals surface area contributed by atoms with Gasteiger partial charge < -0.3 is 15.3 Å². The molecule has 2 rings (SSSR count). The number of anilines is 1. The Hall–Kier alpha value is -1.88. The molecule has 0 atom stereocenters. The van der Waals surface area contributed by atoms with E-state index in [0.717, 1.165) is 12.8 Å². The highest BCUT2D eigenvalue weighted by atomic mass is 16.3. The molecule has 0 radical (unpaired) electrons. The molecule has 0 saturated heterocycles. The van der Waals surface area contributed by atoms with Crippen LogP contribution in [0.5, 0.6) is 0 Å². The molecule has 1 saturated carbocycles. The van der Waals surface area contributed by atoms with Gasteiger partial charge in [-0.1, -0.05) is 25.0 Å². The zero-order valence-electron chi connectivity index (χ0n) is 14.0. The Kier molecular flexibility index (Phi) is 5.77. The van der Waals surface area contributed by atoms with Gasteiger partial charge >= 0.3 is 0 Å². The number of benzene rings is 1. The van der Waals surface area contributed by atoms with E-state index in [9.17, 15) is 14.7 Å². The molecule has 2 amide bonds. The number of carbonyl (C=O) groups is 2. The highest BCUT2D eigenvalue weighted by Gasteiger charge is 2.33. The highest BCUT2D eigenvalue weighted by Crippen LogP contribution is 2.32. The van der Waals surface area contributed by atoms with Gasteiger partial charge in [0.2, 0.25) is 5.91 Å². The fourth-order valence-electron chi connectivity index (χ4n) is 3.16. The van der Waals surface area contributed by atoms with Crippen LogP contribution in [0.4, 0.5) is 5.69 Å². The summed E-state index contributed by atoms with van der Waals surface area (Å²) >= 11 is 0. The molecule has 5 nitrogen and oxygen atoms in total. The first kappa shape index (κ1) is 17.5. The third-order valence-electron chi connectivity index (χ3n) is 4.51. The summed E-state index contributed by atoms with van der Waals surface area (Å²) in [5.41, 5.74) is 0.112. The van der Waals surface area contributed by atoms with E-state index in [1.807, 2.05) is 13.8 Å². The van der Waals surface area contributed by atoms with Crippen LogP contribution in [0.15, 0.2) is 24.3 Å². The fraction of sp³-hybridized carbons (Fsp3) is 0.556. The van der Waals surface area contributed by atoms with Crippen molar-refractivity contribution in [1.82, 2.24) is 4.90 Å². The normalized spacial score (nSPS) is 16.1. The van der Waals surface area contributed by atoms with Crippen LogP contribution in [0.3, 0.4) is 0 Å². The third kappa shape index (κ3) is 4.32. The van der Waals surface area contributed by atoms with Gasteiger partial charge in [0, 0.05) is 13.1 Å². The average Bonchev–Trinajstić information content (AvgIpc) is 2.94. The van der Waals surface area contributed by atoms with Gasteiger partial charge in [-0.25, -0.2) is 0 Å². The Morgan fingerprint density at radius 2 is 1.78 bits per heavy atom. The molecule has 5 heteroatoms. The van der Waals surface area contributed by atoms with Gasteiger partial charge in [-0.05, 0) is 38.8 Å². The van der Waals surface area contributed by atoms with Crippen molar-refractivity contribution in [2.45, 2.75) is 51.6 Å². The largest absolute Gasteiger partial charge is 0.389 e. The van der Waals surface area contributed by atoms with Gasteiger partial charge in [-0.3, -0.25) is 9.59 Å². The number of amides is 2. The second-order valence-corrected chi connectivity index (χ2v) is 6.18. The first-order valence-electron chi connectivity index (χ1n) is 8.39. The van der Waals surface area contributed by atoms with E-state index in [2.05, 4.69) is 5.32 Å². The summed E-state index contributed by atoms with van der Waals surface area (Å²) in [5, 5.41) is 13.1. The topological polar surface area (TPSA) is 69.6 Å². The molecule has 23 heavy (non-hydrogen) atoms. The van der Waals surface area contributed by atoms with E-state index in [0.29, 0.717) is 37.2 Å². The smallest absolute Gasteiger partial charge is 0.255 e. The van der Waals surface area contributed by atoms with Crippen LogP contribution in [0.1, 0.15) is 56.3 Å². The molecule has 0 aromatic heterocycles. The van der Waals surface area contributed by atoms with E-state index < -0.39 is 5.60 Å². The summed E-state index contributed by atoms with van der Waals surface area (Å²) in [5.74, 6) is -0.334. The van der Waals surface area contributed by atoms with Crippen molar-refractivity contribution in [1.29, 1.82) is 0 Å². The predicted molar refractivity (Wildman–Crippen MR) is 90.4 cm³/mol. The molecule has 126 valence electrons. The van der Waals surface area contributed by atoms with Crippen LogP contribution in [-0.4, -0.2) is 40.5 Å². The number of nitrogens with zero attached hydrogens (tertiary/aromatic N) is 1. The molecule has 1 aromatic rings. The number of aliphatic hydroxyl groups is 1. The monoisotopic (exact) mass is 318 g/mol. The lowest BCUT2D eigenvalue weighted by Crippen LogP contribution is -2.33. The molecule has 0 aliphatic heterocycles. The third-order valence-corrected chi connectivity index (χ3v) is 4.51. The molecule has 0 heterocycles. The van der Waals surface area contributed by atoms with Crippen LogP contribution < -0.4 is 5.32 Å². The Balaban J connectivity index is 2.11. The molecular weight excluding hydrogens is 292 g/mol. The Bertz CT molecular complexity index is 561. The van der Waals surface area contributed by atoms with Crippen molar-refractivity contribution >= 4 is 17.5 Å². The van der Waals surface area contributed by atoms with Gasteiger partial charge in [-0.2, -0.15) is 0 Å². The minimum atomic E-state index is -0.887. The van der Waals surface area contributed by atoms with Crippen molar-refractivity contribution in [2.24, 2.45) is 0 Å². The van der Waals surface area contributed by atoms with Gasteiger partial charge in [0.15, 0.2) is 0 Å². The van der Waals surface area contributed by atoms with Gasteiger partial charge in [0.1, 0.15) is 0 Å². The molecule has 1 aliphatic rings. The molecule has 2 N–H and O–H groups in total. The fourth-order valence-corrected chi connectivity index (χ4v) is 3.16. The minimum Gasteiger partial charge on any atom is -0.389 e. The first-order chi connectivity index (χ1) is 11.0. The molecular formula is C18H26N2O3. The highest BCUT2D eigenvalue weighted by molar-refractivity contribution is 6.03. The zero-order chi connectivity index (χ0) is 16.9. The summed E-state index contributed by atoms with van der Waals surface area (Å²) in [6.45, 7) is 5.10. The zero-order valence-corrected chi connectivity index (χ0v) is 14.0. The maximum Gasteiger partial charge on any atom is 0.255 e. The standard InChI is InChI=1S/C18H26N2O3/c1-3-20(4-2)17(22)14-9-5-6-10-15(14)19-16(21)13-18(23)11-7-8-12-18/h5-6,9-10,23H,3-4,7-8,11-13H2,1-2H3,(H,19,21). The summed E-state index contributed by atoms with van der Waals surface area (Å²) in [6, 6.07) is 7.03. The van der Waals surface area contributed by atoms with E-state index >= 15 is 0 Å². The average molecular weight is 318 g/mol. The second kappa shape index (κ2) is 7.59. The van der Waals surface area contributed by atoms with Crippen molar-refractivity contribution < 1.29 is 14.7 Å². The van der Waals surface area contributed by atoms with Gasteiger partial charge in [0.25, 0.3) is 5.91 Å². The summed E-state index contributed by atoms with van der Waals surface area (Å²) in [7, 11) is 0. The first-order valence-corrected chi connectivity index (χ1v) is 8.39. The number of hydrogen-bond donors (Lipinski definition) is 2. The molecule has 1 aliphatic carbocycles. The van der Waals surface area contributed by atoms with Crippen LogP contribution in [0.25, 0.3) is 0 Å². The van der Waals surface area contributed by atoms with Crippen LogP contribution >= 0.6 is 0 Å². The number of carbonyl (C=O) groups excluding carboxylic acids is 2. The Morgan fingerprint density at radius 3 is 2.39 bits per heavy atom. The van der Waals surface area contributed by atoms with Crippen LogP contribution in [0.2, 0.25) is 0 Å². The lowest BCUT2D eigenvalue weighted by Gasteiger charge is -2.23. The van der Waals surface area contributed by atoms with Crippen LogP contribution in [0, 0.1) is 0 Å². The molecule has 1 fully saturated rings. The van der Waals surface area contributed by atoms with Crippen LogP contribution in [-0.2, 0) is 4.79 Å². The number of rotatable bonds is 6. The Labute approximate surface area is 137 Å². The minimum absolute atomic E-state index is 0.0841. The van der Waals surface area contributed by atoms with Crippen molar-refractivity contribution in [3.63, 3.8) is 0 Å². The lowest BCUT2D eigenvalue weighted by molar-refractivity contribution is -0.120. The second-order valence-electron chi connectivity index (χ2n) is 6.18. The number of para-hydroxylation sites is 1. The van der Waals surface area contributed by atoms with Crippen molar-refractivity contribution in [3.05, 3.63) is 29.8 Å². The van der Waals surface area contributed by atoms with Crippen molar-refractivity contribution in [2.75, 3.05) is 18.4 Å². The van der Waals surface area contributed by atoms with Gasteiger partial charge in [0.05, 0.1) is 23.3 Å². The molecule has 1 aromatic carbocycles. The summed E-state index contributed by atoms with van der Waals surface area (Å²) in [6.07, 6.45) is 3.34. The quantitative estimate of drug-likeness (QED) is 0.847. The lowest BCUT2D eigenvalue weighted by atomic mass is 9.97. The number of nitrogens with one attached hydrogen (secondary N) is 1. The summed E-state index contributed by atoms with van der Waals surface area (Å²) < 4.78 is 0. The maximum absolute atomic E-state index is 12.5. The molecule has 0 spiro atoms. The predicted octanol–water partition coefficient (Wildman–Crippen LogP) is 2.80. The van der Waals surface area contributed by atoms with E-state index in [1.54, 1.807) is 29.2 Å². The van der Waals surface area contributed by atoms with E-state index in [-0.39, 0.29) is 18.2 Å². The van der Waals surface area contributed by atoms with E-state index in [4.69, 9.17) is 0 Å². The number of hydrogen-bond acceptors (Lipinski definition) is 3. The van der Waals surface area contributed by atoms with E-state index in [1.165, 1.54) is 0 Å². The van der Waals surface area contributed by atoms with Gasteiger partial charge in [-0.15, -0.1) is 0 Å². The van der Waals surface area contributed by atoms with Crippen molar-refractivity contribution in [3.8, 4) is 0 Å². The Morgan fingerprint density at radius 1 is 1.17 bits per heavy atom.